The Labute approximate surface area is 176 Å². The molecular formula is C19H23F2N5O3S. The maximum absolute atomic E-state index is 13.3. The van der Waals surface area contributed by atoms with Crippen LogP contribution in [0, 0.1) is 12.8 Å². The minimum absolute atomic E-state index is 0.0690. The molecular weight excluding hydrogens is 416 g/mol. The van der Waals surface area contributed by atoms with Gasteiger partial charge in [-0.3, -0.25) is 0 Å². The number of ether oxygens (including phenoxy) is 2. The number of nitrogens with zero attached hydrogens (tertiary/aromatic N) is 4. The Kier molecular flexibility index (Phi) is 5.25. The van der Waals surface area contributed by atoms with E-state index in [9.17, 15) is 13.6 Å². The second kappa shape index (κ2) is 7.60. The lowest BCUT2D eigenvalue weighted by Gasteiger charge is -2.39. The highest BCUT2D eigenvalue weighted by Gasteiger charge is 2.46. The van der Waals surface area contributed by atoms with Gasteiger partial charge in [-0.15, -0.1) is 11.3 Å². The fraction of sp³-hybridized carbons (Fsp3) is 0.579. The molecule has 1 saturated carbocycles. The Morgan fingerprint density at radius 2 is 2.10 bits per heavy atom. The SMILES string of the molecule is Cc1csc(C(C)(C)NC(=O)Oc2cnc(N3CC(F)(F)C3)c(OCC3CC3)n2)n1. The van der Waals surface area contributed by atoms with Gasteiger partial charge < -0.3 is 19.7 Å². The third kappa shape index (κ3) is 4.77. The normalized spacial score (nSPS) is 18.0. The maximum Gasteiger partial charge on any atom is 0.414 e. The molecule has 0 radical (unpaired) electrons. The number of aromatic nitrogens is 3. The minimum atomic E-state index is -2.75. The first-order valence-corrected chi connectivity index (χ1v) is 10.5. The van der Waals surface area contributed by atoms with Crippen molar-refractivity contribution in [3.63, 3.8) is 0 Å². The molecule has 2 aromatic heterocycles. The first-order valence-electron chi connectivity index (χ1n) is 9.66. The quantitative estimate of drug-likeness (QED) is 0.706. The average Bonchev–Trinajstić information content (AvgIpc) is 3.35. The van der Waals surface area contributed by atoms with Crippen molar-refractivity contribution >= 4 is 23.2 Å². The molecule has 1 aliphatic heterocycles. The van der Waals surface area contributed by atoms with E-state index in [2.05, 4.69) is 20.3 Å². The number of carbonyl (C=O) groups is 1. The molecule has 8 nitrogen and oxygen atoms in total. The summed E-state index contributed by atoms with van der Waals surface area (Å²) in [4.78, 5) is 26.6. The van der Waals surface area contributed by atoms with Gasteiger partial charge in [0.25, 0.3) is 11.8 Å². The van der Waals surface area contributed by atoms with Gasteiger partial charge in [-0.1, -0.05) is 0 Å². The molecule has 0 bridgehead atoms. The minimum Gasteiger partial charge on any atom is -0.475 e. The number of aryl methyl sites for hydroxylation is 1. The number of carbonyl (C=O) groups excluding carboxylic acids is 1. The van der Waals surface area contributed by atoms with Gasteiger partial charge in [0.15, 0.2) is 5.82 Å². The Morgan fingerprint density at radius 1 is 1.37 bits per heavy atom. The number of thiazole rings is 1. The van der Waals surface area contributed by atoms with Crippen LogP contribution in [0.1, 0.15) is 37.4 Å². The lowest BCUT2D eigenvalue weighted by atomic mass is 10.1. The number of alkyl halides is 2. The molecule has 2 aliphatic rings. The van der Waals surface area contributed by atoms with Crippen LogP contribution < -0.4 is 19.7 Å². The van der Waals surface area contributed by atoms with E-state index in [1.54, 1.807) is 0 Å². The molecule has 0 aromatic carbocycles. The number of halogens is 2. The fourth-order valence-corrected chi connectivity index (χ4v) is 3.80. The summed E-state index contributed by atoms with van der Waals surface area (Å²) in [6, 6.07) is 0. The van der Waals surface area contributed by atoms with Gasteiger partial charge in [-0.2, -0.15) is 4.98 Å². The van der Waals surface area contributed by atoms with E-state index in [0.29, 0.717) is 12.5 Å². The van der Waals surface area contributed by atoms with E-state index < -0.39 is 30.6 Å². The number of hydrogen-bond donors (Lipinski definition) is 1. The van der Waals surface area contributed by atoms with Crippen molar-refractivity contribution in [2.75, 3.05) is 24.6 Å². The summed E-state index contributed by atoms with van der Waals surface area (Å²) in [7, 11) is 0. The highest BCUT2D eigenvalue weighted by atomic mass is 32.1. The second-order valence-electron chi connectivity index (χ2n) is 8.24. The monoisotopic (exact) mass is 439 g/mol. The van der Waals surface area contributed by atoms with Gasteiger partial charge in [0.05, 0.1) is 31.4 Å². The van der Waals surface area contributed by atoms with E-state index in [0.717, 1.165) is 23.5 Å². The molecule has 2 aromatic rings. The summed E-state index contributed by atoms with van der Waals surface area (Å²) in [6.45, 7) is 5.05. The van der Waals surface area contributed by atoms with Crippen molar-refractivity contribution in [1.29, 1.82) is 0 Å². The summed E-state index contributed by atoms with van der Waals surface area (Å²) in [5.74, 6) is -2.05. The van der Waals surface area contributed by atoms with Gasteiger partial charge in [-0.05, 0) is 39.5 Å². The van der Waals surface area contributed by atoms with Crippen molar-refractivity contribution in [2.24, 2.45) is 5.92 Å². The van der Waals surface area contributed by atoms with Gasteiger partial charge in [-0.25, -0.2) is 23.5 Å². The molecule has 4 rings (SSSR count). The molecule has 30 heavy (non-hydrogen) atoms. The molecule has 0 spiro atoms. The van der Waals surface area contributed by atoms with Crippen LogP contribution >= 0.6 is 11.3 Å². The van der Waals surface area contributed by atoms with Crippen molar-refractivity contribution in [1.82, 2.24) is 20.3 Å². The Balaban J connectivity index is 1.45. The van der Waals surface area contributed by atoms with Crippen LogP contribution in [0.2, 0.25) is 0 Å². The highest BCUT2D eigenvalue weighted by molar-refractivity contribution is 7.09. The highest BCUT2D eigenvalue weighted by Crippen LogP contribution is 2.37. The Bertz CT molecular complexity index is 940. The van der Waals surface area contributed by atoms with Gasteiger partial charge >= 0.3 is 6.09 Å². The zero-order valence-corrected chi connectivity index (χ0v) is 17.8. The molecule has 2 fully saturated rings. The van der Waals surface area contributed by atoms with E-state index in [1.807, 2.05) is 26.2 Å². The second-order valence-corrected chi connectivity index (χ2v) is 9.10. The number of hydrogen-bond acceptors (Lipinski definition) is 8. The van der Waals surface area contributed by atoms with Crippen molar-refractivity contribution in [2.45, 2.75) is 45.1 Å². The number of anilines is 1. The largest absolute Gasteiger partial charge is 0.475 e. The molecule has 0 unspecified atom stereocenters. The number of amides is 1. The predicted octanol–water partition coefficient (Wildman–Crippen LogP) is 3.51. The third-order valence-corrected chi connectivity index (χ3v) is 6.05. The number of rotatable bonds is 7. The molecule has 11 heteroatoms. The molecule has 1 N–H and O–H groups in total. The van der Waals surface area contributed by atoms with Crippen LogP contribution in [0.15, 0.2) is 11.6 Å². The van der Waals surface area contributed by atoms with Crippen LogP contribution in [0.3, 0.4) is 0 Å². The lowest BCUT2D eigenvalue weighted by Crippen LogP contribution is -2.56. The lowest BCUT2D eigenvalue weighted by molar-refractivity contribution is -0.0270. The number of nitrogens with one attached hydrogen (secondary N) is 1. The van der Waals surface area contributed by atoms with Crippen molar-refractivity contribution in [3.05, 3.63) is 22.3 Å². The maximum atomic E-state index is 13.3. The molecule has 162 valence electrons. The summed E-state index contributed by atoms with van der Waals surface area (Å²) in [6.07, 6.45) is 2.64. The van der Waals surface area contributed by atoms with Crippen LogP contribution in [0.5, 0.6) is 11.8 Å². The molecule has 1 saturated heterocycles. The molecule has 0 atom stereocenters. The average molecular weight is 439 g/mol. The summed E-state index contributed by atoms with van der Waals surface area (Å²) < 4.78 is 37.5. The topological polar surface area (TPSA) is 89.5 Å². The van der Waals surface area contributed by atoms with E-state index in [1.165, 1.54) is 22.4 Å². The standard InChI is InChI=1S/C19H23F2N5O3S/c1-11-8-30-16(23-11)18(2,3)25-17(27)29-13-6-22-14(26-9-19(20,21)10-26)15(24-13)28-7-12-4-5-12/h6,8,12H,4-5,7,9-10H2,1-3H3,(H,25,27). The van der Waals surface area contributed by atoms with Crippen LogP contribution in [0.4, 0.5) is 19.4 Å². The Hall–Kier alpha value is -2.56. The van der Waals surface area contributed by atoms with Crippen molar-refractivity contribution in [3.8, 4) is 11.8 Å². The first-order chi connectivity index (χ1) is 14.1. The zero-order chi connectivity index (χ0) is 21.5. The van der Waals surface area contributed by atoms with Gasteiger partial charge in [0.2, 0.25) is 5.88 Å². The van der Waals surface area contributed by atoms with Gasteiger partial charge in [0.1, 0.15) is 5.01 Å². The first kappa shape index (κ1) is 20.7. The Morgan fingerprint density at radius 3 is 2.70 bits per heavy atom. The third-order valence-electron chi connectivity index (χ3n) is 4.76. The zero-order valence-electron chi connectivity index (χ0n) is 16.9. The molecule has 1 aliphatic carbocycles. The molecule has 3 heterocycles. The van der Waals surface area contributed by atoms with Crippen LogP contribution in [-0.4, -0.2) is 46.7 Å². The predicted molar refractivity (Wildman–Crippen MR) is 106 cm³/mol. The van der Waals surface area contributed by atoms with E-state index in [4.69, 9.17) is 9.47 Å². The van der Waals surface area contributed by atoms with Gasteiger partial charge in [0, 0.05) is 11.1 Å². The molecule has 1 amide bonds. The van der Waals surface area contributed by atoms with E-state index in [-0.39, 0.29) is 17.6 Å². The fourth-order valence-electron chi connectivity index (χ4n) is 2.93. The summed E-state index contributed by atoms with van der Waals surface area (Å²) in [5.41, 5.74) is 0.131. The van der Waals surface area contributed by atoms with Crippen molar-refractivity contribution < 1.29 is 23.0 Å². The van der Waals surface area contributed by atoms with E-state index >= 15 is 0 Å². The van der Waals surface area contributed by atoms with Crippen LogP contribution in [-0.2, 0) is 5.54 Å². The van der Waals surface area contributed by atoms with Crippen LogP contribution in [0.25, 0.3) is 0 Å². The smallest absolute Gasteiger partial charge is 0.414 e. The summed E-state index contributed by atoms with van der Waals surface area (Å²) >= 11 is 1.44. The summed E-state index contributed by atoms with van der Waals surface area (Å²) in [5, 5.41) is 5.39.